The molecule has 0 radical (unpaired) electrons. The molecule has 2 aromatic carbocycles. The molecule has 1 aliphatic rings. The van der Waals surface area contributed by atoms with E-state index in [0.29, 0.717) is 39.0 Å². The molecule has 2 aromatic rings. The van der Waals surface area contributed by atoms with Crippen LogP contribution in [0, 0.1) is 11.7 Å². The van der Waals surface area contributed by atoms with E-state index in [1.165, 1.54) is 18.2 Å². The zero-order valence-electron chi connectivity index (χ0n) is 19.6. The number of nitrogens with zero attached hydrogens (tertiary/aromatic N) is 2. The monoisotopic (exact) mass is 489 g/mol. The molecule has 0 spiro atoms. The summed E-state index contributed by atoms with van der Waals surface area (Å²) in [7, 11) is -4.27. The van der Waals surface area contributed by atoms with Crippen LogP contribution in [0.25, 0.3) is 0 Å². The highest BCUT2D eigenvalue weighted by Crippen LogP contribution is 2.22. The molecule has 1 atom stereocenters. The second kappa shape index (κ2) is 11.6. The van der Waals surface area contributed by atoms with Gasteiger partial charge in [-0.25, -0.2) is 12.8 Å². The summed E-state index contributed by atoms with van der Waals surface area (Å²) in [6, 6.07) is 13.1. The average Bonchev–Trinajstić information content (AvgIpc) is 2.84. The van der Waals surface area contributed by atoms with E-state index in [1.54, 1.807) is 9.80 Å². The third-order valence-corrected chi connectivity index (χ3v) is 7.74. The summed E-state index contributed by atoms with van der Waals surface area (Å²) in [5, 5.41) is 0. The number of likely N-dealkylation sites (tertiary alicyclic amines) is 1. The number of sulfonamides is 1. The Morgan fingerprint density at radius 1 is 1.03 bits per heavy atom. The van der Waals surface area contributed by atoms with E-state index in [4.69, 9.17) is 0 Å². The van der Waals surface area contributed by atoms with Crippen molar-refractivity contribution in [1.82, 2.24) is 14.5 Å². The second-order valence-corrected chi connectivity index (χ2v) is 10.1. The van der Waals surface area contributed by atoms with Crippen molar-refractivity contribution in [3.05, 3.63) is 66.0 Å². The minimum atomic E-state index is -4.27. The van der Waals surface area contributed by atoms with Crippen molar-refractivity contribution in [2.75, 3.05) is 26.2 Å². The lowest BCUT2D eigenvalue weighted by Crippen LogP contribution is -2.52. The van der Waals surface area contributed by atoms with Crippen molar-refractivity contribution in [2.45, 2.75) is 44.0 Å². The Morgan fingerprint density at radius 3 is 2.21 bits per heavy atom. The van der Waals surface area contributed by atoms with Gasteiger partial charge < -0.3 is 9.80 Å². The lowest BCUT2D eigenvalue weighted by Gasteiger charge is -2.35. The maximum atomic E-state index is 14.2. The van der Waals surface area contributed by atoms with Gasteiger partial charge in [-0.15, -0.1) is 0 Å². The van der Waals surface area contributed by atoms with Gasteiger partial charge in [0, 0.05) is 32.1 Å². The van der Waals surface area contributed by atoms with Crippen molar-refractivity contribution in [3.63, 3.8) is 0 Å². The number of carbonyl (C=O) groups excluding carboxylic acids is 2. The van der Waals surface area contributed by atoms with E-state index >= 15 is 0 Å². The first-order valence-electron chi connectivity index (χ1n) is 11.6. The smallest absolute Gasteiger partial charge is 0.244 e. The van der Waals surface area contributed by atoms with Gasteiger partial charge in [0.15, 0.2) is 0 Å². The molecular formula is C25H32FN3O4S. The fraction of sp³-hybridized carbons (Fsp3) is 0.440. The van der Waals surface area contributed by atoms with Gasteiger partial charge in [-0.3, -0.25) is 9.59 Å². The summed E-state index contributed by atoms with van der Waals surface area (Å²) in [6.07, 6.45) is 1.18. The third kappa shape index (κ3) is 6.21. The Balaban J connectivity index is 1.77. The highest BCUT2D eigenvalue weighted by molar-refractivity contribution is 7.89. The average molecular weight is 490 g/mol. The Kier molecular flexibility index (Phi) is 8.79. The SMILES string of the molecule is CCN(CC)C(=O)C1CCN(C(=O)C(Cc2ccccc2)NS(=O)(=O)c2ccccc2F)CC1. The molecule has 1 aliphatic heterocycles. The fourth-order valence-electron chi connectivity index (χ4n) is 4.30. The van der Waals surface area contributed by atoms with Gasteiger partial charge in [-0.05, 0) is 50.8 Å². The minimum Gasteiger partial charge on any atom is -0.343 e. The van der Waals surface area contributed by atoms with Crippen molar-refractivity contribution in [2.24, 2.45) is 5.92 Å². The molecule has 0 aliphatic carbocycles. The number of hydrogen-bond donors (Lipinski definition) is 1. The van der Waals surface area contributed by atoms with Gasteiger partial charge in [-0.2, -0.15) is 4.72 Å². The highest BCUT2D eigenvalue weighted by Gasteiger charge is 2.34. The molecule has 0 bridgehead atoms. The molecule has 0 saturated carbocycles. The van der Waals surface area contributed by atoms with Crippen molar-refractivity contribution in [1.29, 1.82) is 0 Å². The molecule has 1 heterocycles. The van der Waals surface area contributed by atoms with Crippen molar-refractivity contribution in [3.8, 4) is 0 Å². The van der Waals surface area contributed by atoms with Crippen LogP contribution in [0.1, 0.15) is 32.3 Å². The predicted octanol–water partition coefficient (Wildman–Crippen LogP) is 2.82. The number of nitrogens with one attached hydrogen (secondary N) is 1. The standard InChI is InChI=1S/C25H32FN3O4S/c1-3-28(4-2)24(30)20-14-16-29(17-15-20)25(31)22(18-19-10-6-5-7-11-19)27-34(32,33)23-13-9-8-12-21(23)26/h5-13,20,22,27H,3-4,14-18H2,1-2H3. The second-order valence-electron chi connectivity index (χ2n) is 8.40. The summed E-state index contributed by atoms with van der Waals surface area (Å²) in [4.78, 5) is 29.0. The van der Waals surface area contributed by atoms with Crippen LogP contribution in [0.5, 0.6) is 0 Å². The summed E-state index contributed by atoms with van der Waals surface area (Å²) in [6.45, 7) is 5.90. The third-order valence-electron chi connectivity index (χ3n) is 6.24. The van der Waals surface area contributed by atoms with Crippen LogP contribution in [0.15, 0.2) is 59.5 Å². The molecule has 34 heavy (non-hydrogen) atoms. The Hall–Kier alpha value is -2.78. The van der Waals surface area contributed by atoms with E-state index in [0.717, 1.165) is 11.6 Å². The van der Waals surface area contributed by atoms with E-state index in [9.17, 15) is 22.4 Å². The zero-order valence-corrected chi connectivity index (χ0v) is 20.4. The van der Waals surface area contributed by atoms with E-state index < -0.39 is 26.8 Å². The molecule has 1 saturated heterocycles. The summed E-state index contributed by atoms with van der Waals surface area (Å²) < 4.78 is 42.5. The van der Waals surface area contributed by atoms with Crippen LogP contribution in [0.3, 0.4) is 0 Å². The van der Waals surface area contributed by atoms with Crippen LogP contribution in [-0.4, -0.2) is 62.3 Å². The maximum Gasteiger partial charge on any atom is 0.244 e. The van der Waals surface area contributed by atoms with Crippen LogP contribution in [-0.2, 0) is 26.0 Å². The fourth-order valence-corrected chi connectivity index (χ4v) is 5.57. The minimum absolute atomic E-state index is 0.0955. The van der Waals surface area contributed by atoms with E-state index in [1.807, 2.05) is 44.2 Å². The van der Waals surface area contributed by atoms with Gasteiger partial charge in [0.05, 0.1) is 0 Å². The number of benzene rings is 2. The van der Waals surface area contributed by atoms with Crippen molar-refractivity contribution < 1.29 is 22.4 Å². The molecule has 7 nitrogen and oxygen atoms in total. The lowest BCUT2D eigenvalue weighted by atomic mass is 9.94. The highest BCUT2D eigenvalue weighted by atomic mass is 32.2. The first-order chi connectivity index (χ1) is 16.3. The van der Waals surface area contributed by atoms with E-state index in [-0.39, 0.29) is 24.2 Å². The molecule has 1 N–H and O–H groups in total. The van der Waals surface area contributed by atoms with Gasteiger partial charge in [0.25, 0.3) is 0 Å². The Morgan fingerprint density at radius 2 is 1.62 bits per heavy atom. The first kappa shape index (κ1) is 25.8. The van der Waals surface area contributed by atoms with Gasteiger partial charge in [0.2, 0.25) is 21.8 Å². The Bertz CT molecular complexity index is 1080. The lowest BCUT2D eigenvalue weighted by molar-refractivity contribution is -0.141. The van der Waals surface area contributed by atoms with Crippen LogP contribution < -0.4 is 4.72 Å². The van der Waals surface area contributed by atoms with Gasteiger partial charge in [-0.1, -0.05) is 42.5 Å². The molecule has 184 valence electrons. The molecule has 0 aromatic heterocycles. The normalized spacial score (nSPS) is 15.7. The summed E-state index contributed by atoms with van der Waals surface area (Å²) in [5.41, 5.74) is 0.781. The molecular weight excluding hydrogens is 457 g/mol. The quantitative estimate of drug-likeness (QED) is 0.587. The molecule has 2 amide bonds. The molecule has 3 rings (SSSR count). The van der Waals surface area contributed by atoms with Gasteiger partial charge in [0.1, 0.15) is 16.8 Å². The summed E-state index contributed by atoms with van der Waals surface area (Å²) in [5.74, 6) is -1.31. The first-order valence-corrected chi connectivity index (χ1v) is 13.1. The number of halogens is 1. The number of piperidine rings is 1. The van der Waals surface area contributed by atoms with Crippen LogP contribution in [0.2, 0.25) is 0 Å². The largest absolute Gasteiger partial charge is 0.343 e. The number of rotatable bonds is 9. The van der Waals surface area contributed by atoms with Crippen LogP contribution in [0.4, 0.5) is 4.39 Å². The number of amides is 2. The number of hydrogen-bond acceptors (Lipinski definition) is 4. The number of carbonyl (C=O) groups is 2. The maximum absolute atomic E-state index is 14.2. The molecule has 1 unspecified atom stereocenters. The zero-order chi connectivity index (χ0) is 24.7. The Labute approximate surface area is 201 Å². The van der Waals surface area contributed by atoms with Gasteiger partial charge >= 0.3 is 0 Å². The van der Waals surface area contributed by atoms with E-state index in [2.05, 4.69) is 4.72 Å². The van der Waals surface area contributed by atoms with Crippen molar-refractivity contribution >= 4 is 21.8 Å². The summed E-state index contributed by atoms with van der Waals surface area (Å²) >= 11 is 0. The predicted molar refractivity (Wildman–Crippen MR) is 128 cm³/mol. The molecule has 9 heteroatoms. The van der Waals surface area contributed by atoms with Crippen LogP contribution >= 0.6 is 0 Å². The topological polar surface area (TPSA) is 86.8 Å². The molecule has 1 fully saturated rings.